The van der Waals surface area contributed by atoms with Gasteiger partial charge in [0, 0.05) is 0 Å². The van der Waals surface area contributed by atoms with Crippen LogP contribution in [0.2, 0.25) is 0 Å². The lowest BCUT2D eigenvalue weighted by Crippen LogP contribution is -1.90. The molecule has 0 bridgehead atoms. The predicted molar refractivity (Wildman–Crippen MR) is 65.9 cm³/mol. The molecule has 1 nitrogen and oxygen atoms in total. The average Bonchev–Trinajstić information content (AvgIpc) is 2.30. The first kappa shape index (κ1) is 10.7. The molecule has 0 spiro atoms. The van der Waals surface area contributed by atoms with Crippen LogP contribution in [0.25, 0.3) is 0 Å². The summed E-state index contributed by atoms with van der Waals surface area (Å²) in [4.78, 5) is 0. The van der Waals surface area contributed by atoms with Crippen molar-refractivity contribution in [2.45, 2.75) is 20.3 Å². The van der Waals surface area contributed by atoms with Crippen LogP contribution in [0.15, 0.2) is 42.5 Å². The maximum absolute atomic E-state index is 5.86. The first-order chi connectivity index (χ1) is 7.79. The quantitative estimate of drug-likeness (QED) is 0.741. The number of para-hydroxylation sites is 1. The van der Waals surface area contributed by atoms with Crippen LogP contribution in [0.3, 0.4) is 0 Å². The number of ether oxygens (including phenoxy) is 1. The van der Waals surface area contributed by atoms with Gasteiger partial charge in [0.05, 0.1) is 0 Å². The Morgan fingerprint density at radius 3 is 2.75 bits per heavy atom. The lowest BCUT2D eigenvalue weighted by atomic mass is 10.1. The maximum Gasteiger partial charge on any atom is 0.130 e. The predicted octanol–water partition coefficient (Wildman–Crippen LogP) is 4.15. The third-order valence-electron chi connectivity index (χ3n) is 2.50. The van der Waals surface area contributed by atoms with Crippen molar-refractivity contribution in [2.24, 2.45) is 0 Å². The molecule has 2 aromatic carbocycles. The summed E-state index contributed by atoms with van der Waals surface area (Å²) in [6.45, 7) is 4.14. The van der Waals surface area contributed by atoms with Crippen LogP contribution in [0.5, 0.6) is 11.5 Å². The van der Waals surface area contributed by atoms with Crippen molar-refractivity contribution in [3.05, 3.63) is 59.7 Å². The first-order valence-corrected chi connectivity index (χ1v) is 5.53. The third kappa shape index (κ3) is 2.43. The fraction of sp³-hybridized carbons (Fsp3) is 0.200. The van der Waals surface area contributed by atoms with E-state index in [-0.39, 0.29) is 0 Å². The molecule has 0 N–H and O–H groups in total. The molecule has 2 rings (SSSR count). The van der Waals surface area contributed by atoms with E-state index >= 15 is 0 Å². The van der Waals surface area contributed by atoms with E-state index in [2.05, 4.69) is 19.1 Å². The van der Waals surface area contributed by atoms with Gasteiger partial charge in [0.2, 0.25) is 0 Å². The zero-order valence-corrected chi connectivity index (χ0v) is 9.66. The van der Waals surface area contributed by atoms with Gasteiger partial charge < -0.3 is 4.74 Å². The van der Waals surface area contributed by atoms with Crippen molar-refractivity contribution < 1.29 is 4.74 Å². The number of aryl methyl sites for hydroxylation is 2. The summed E-state index contributed by atoms with van der Waals surface area (Å²) in [6, 6.07) is 17.0. The monoisotopic (exact) mass is 211 g/mol. The molecule has 0 aliphatic rings. The van der Waals surface area contributed by atoms with Gasteiger partial charge in [0.25, 0.3) is 0 Å². The first-order valence-electron chi connectivity index (χ1n) is 5.53. The van der Waals surface area contributed by atoms with Crippen LogP contribution < -0.4 is 4.74 Å². The zero-order valence-electron chi connectivity index (χ0n) is 9.66. The minimum absolute atomic E-state index is 0.872. The van der Waals surface area contributed by atoms with E-state index < -0.39 is 0 Å². The molecule has 0 aliphatic heterocycles. The summed E-state index contributed by atoms with van der Waals surface area (Å²) in [6.07, 6.45) is 0.980. The minimum Gasteiger partial charge on any atom is -0.457 e. The van der Waals surface area contributed by atoms with Crippen molar-refractivity contribution in [3.63, 3.8) is 0 Å². The Balaban J connectivity index is 2.26. The number of hydrogen-bond donors (Lipinski definition) is 0. The fourth-order valence-corrected chi connectivity index (χ4v) is 1.64. The Hall–Kier alpha value is -1.76. The molecule has 0 amide bonds. The molecule has 0 unspecified atom stereocenters. The van der Waals surface area contributed by atoms with E-state index in [9.17, 15) is 0 Å². The molecule has 0 atom stereocenters. The SMILES string of the molecule is CCc1ccccc1Oc1cc[c]c(C)c1. The molecule has 2 aromatic rings. The molecule has 0 saturated heterocycles. The van der Waals surface area contributed by atoms with E-state index in [4.69, 9.17) is 4.74 Å². The number of hydrogen-bond acceptors (Lipinski definition) is 1. The second-order valence-electron chi connectivity index (χ2n) is 3.77. The smallest absolute Gasteiger partial charge is 0.130 e. The van der Waals surface area contributed by atoms with Crippen molar-refractivity contribution >= 4 is 0 Å². The fourth-order valence-electron chi connectivity index (χ4n) is 1.64. The molecule has 16 heavy (non-hydrogen) atoms. The van der Waals surface area contributed by atoms with Gasteiger partial charge in [0.15, 0.2) is 0 Å². The van der Waals surface area contributed by atoms with Gasteiger partial charge in [-0.2, -0.15) is 0 Å². The van der Waals surface area contributed by atoms with E-state index in [0.29, 0.717) is 0 Å². The van der Waals surface area contributed by atoms with E-state index in [1.54, 1.807) is 0 Å². The molecule has 81 valence electrons. The normalized spacial score (nSPS) is 10.1. The van der Waals surface area contributed by atoms with Gasteiger partial charge in [-0.05, 0) is 48.7 Å². The van der Waals surface area contributed by atoms with Gasteiger partial charge in [-0.3, -0.25) is 0 Å². The Bertz CT molecular complexity index is 474. The summed E-state index contributed by atoms with van der Waals surface area (Å²) in [5.74, 6) is 1.81. The molecule has 0 saturated carbocycles. The Morgan fingerprint density at radius 1 is 1.19 bits per heavy atom. The summed E-state index contributed by atoms with van der Waals surface area (Å²) in [5, 5.41) is 0. The number of rotatable bonds is 3. The summed E-state index contributed by atoms with van der Waals surface area (Å²) >= 11 is 0. The zero-order chi connectivity index (χ0) is 11.4. The van der Waals surface area contributed by atoms with Crippen LogP contribution in [0, 0.1) is 13.0 Å². The molecule has 0 aliphatic carbocycles. The molecular weight excluding hydrogens is 196 g/mol. The molecule has 0 fully saturated rings. The molecular formula is C15H15O. The Kier molecular flexibility index (Phi) is 3.25. The molecule has 1 heteroatoms. The van der Waals surface area contributed by atoms with Crippen molar-refractivity contribution in [1.29, 1.82) is 0 Å². The van der Waals surface area contributed by atoms with Crippen molar-refractivity contribution in [2.75, 3.05) is 0 Å². The highest BCUT2D eigenvalue weighted by Crippen LogP contribution is 2.25. The number of benzene rings is 2. The van der Waals surface area contributed by atoms with Gasteiger partial charge in [0.1, 0.15) is 11.5 Å². The third-order valence-corrected chi connectivity index (χ3v) is 2.50. The van der Waals surface area contributed by atoms with E-state index in [1.807, 2.05) is 43.3 Å². The van der Waals surface area contributed by atoms with Crippen LogP contribution in [-0.2, 0) is 6.42 Å². The standard InChI is InChI=1S/C15H15O/c1-3-13-8-4-5-10-15(13)16-14-9-6-7-12(2)11-14/h4-6,8-11H,3H2,1-2H3. The largest absolute Gasteiger partial charge is 0.457 e. The Labute approximate surface area is 96.7 Å². The van der Waals surface area contributed by atoms with Crippen LogP contribution in [0.4, 0.5) is 0 Å². The summed E-state index contributed by atoms with van der Waals surface area (Å²) in [5.41, 5.74) is 2.32. The summed E-state index contributed by atoms with van der Waals surface area (Å²) in [7, 11) is 0. The summed E-state index contributed by atoms with van der Waals surface area (Å²) < 4.78 is 5.86. The second-order valence-corrected chi connectivity index (χ2v) is 3.77. The second kappa shape index (κ2) is 4.84. The highest BCUT2D eigenvalue weighted by Gasteiger charge is 2.02. The van der Waals surface area contributed by atoms with E-state index in [1.165, 1.54) is 5.56 Å². The van der Waals surface area contributed by atoms with Gasteiger partial charge in [-0.15, -0.1) is 0 Å². The molecule has 0 heterocycles. The van der Waals surface area contributed by atoms with Crippen LogP contribution in [0.1, 0.15) is 18.1 Å². The van der Waals surface area contributed by atoms with E-state index in [0.717, 1.165) is 23.5 Å². The van der Waals surface area contributed by atoms with Gasteiger partial charge in [-0.1, -0.05) is 31.2 Å². The highest BCUT2D eigenvalue weighted by molar-refractivity contribution is 5.38. The lowest BCUT2D eigenvalue weighted by molar-refractivity contribution is 0.476. The van der Waals surface area contributed by atoms with Gasteiger partial charge in [-0.25, -0.2) is 0 Å². The Morgan fingerprint density at radius 2 is 2.00 bits per heavy atom. The highest BCUT2D eigenvalue weighted by atomic mass is 16.5. The molecule has 1 radical (unpaired) electrons. The van der Waals surface area contributed by atoms with Crippen LogP contribution in [-0.4, -0.2) is 0 Å². The average molecular weight is 211 g/mol. The van der Waals surface area contributed by atoms with Crippen LogP contribution >= 0.6 is 0 Å². The maximum atomic E-state index is 5.86. The van der Waals surface area contributed by atoms with Gasteiger partial charge >= 0.3 is 0 Å². The minimum atomic E-state index is 0.872. The topological polar surface area (TPSA) is 9.23 Å². The van der Waals surface area contributed by atoms with Crippen molar-refractivity contribution in [3.8, 4) is 11.5 Å². The lowest BCUT2D eigenvalue weighted by Gasteiger charge is -2.09. The van der Waals surface area contributed by atoms with Crippen molar-refractivity contribution in [1.82, 2.24) is 0 Å². The molecule has 0 aromatic heterocycles.